The molecule has 2 amide bonds. The van der Waals surface area contributed by atoms with Crippen molar-refractivity contribution in [1.29, 1.82) is 0 Å². The Bertz CT molecular complexity index is 968. The van der Waals surface area contributed by atoms with Crippen molar-refractivity contribution in [2.45, 2.75) is 25.7 Å². The van der Waals surface area contributed by atoms with Crippen LogP contribution in [0.3, 0.4) is 0 Å². The van der Waals surface area contributed by atoms with Gasteiger partial charge in [-0.05, 0) is 35.4 Å². The molecule has 0 spiro atoms. The number of amides is 2. The summed E-state index contributed by atoms with van der Waals surface area (Å²) in [6.07, 6.45) is 0. The van der Waals surface area contributed by atoms with Crippen molar-refractivity contribution in [3.8, 4) is 22.6 Å². The number of hydrogen-bond donors (Lipinski definition) is 2. The number of carbonyl (C=O) groups is 3. The second-order valence-corrected chi connectivity index (χ2v) is 7.40. The van der Waals surface area contributed by atoms with E-state index in [2.05, 4.69) is 5.32 Å². The molecule has 0 aliphatic carbocycles. The maximum atomic E-state index is 12.8. The SMILES string of the molecule is CNC(=O)C(C(=O)CO)N(C)C(=O)c1ccc(-c2ccc3c(c2)OC(C)(C)O3)cc1. The van der Waals surface area contributed by atoms with Gasteiger partial charge in [0.25, 0.3) is 5.91 Å². The lowest BCUT2D eigenvalue weighted by atomic mass is 10.0. The van der Waals surface area contributed by atoms with Gasteiger partial charge in [0.1, 0.15) is 6.61 Å². The number of hydrogen-bond acceptors (Lipinski definition) is 6. The zero-order valence-corrected chi connectivity index (χ0v) is 17.3. The van der Waals surface area contributed by atoms with E-state index in [0.717, 1.165) is 16.0 Å². The Labute approximate surface area is 174 Å². The highest BCUT2D eigenvalue weighted by Crippen LogP contribution is 2.41. The van der Waals surface area contributed by atoms with Crippen molar-refractivity contribution in [1.82, 2.24) is 10.2 Å². The van der Waals surface area contributed by atoms with Crippen molar-refractivity contribution in [2.24, 2.45) is 0 Å². The van der Waals surface area contributed by atoms with Gasteiger partial charge in [0.05, 0.1) is 0 Å². The highest BCUT2D eigenvalue weighted by Gasteiger charge is 2.33. The number of aliphatic hydroxyl groups is 1. The van der Waals surface area contributed by atoms with Crippen LogP contribution >= 0.6 is 0 Å². The van der Waals surface area contributed by atoms with Crippen LogP contribution in [0.2, 0.25) is 0 Å². The van der Waals surface area contributed by atoms with Crippen molar-refractivity contribution in [2.75, 3.05) is 20.7 Å². The maximum absolute atomic E-state index is 12.8. The first-order chi connectivity index (χ1) is 14.2. The Kier molecular flexibility index (Phi) is 5.80. The van der Waals surface area contributed by atoms with Gasteiger partial charge in [0.2, 0.25) is 11.7 Å². The van der Waals surface area contributed by atoms with E-state index in [1.165, 1.54) is 14.1 Å². The molecule has 0 bridgehead atoms. The summed E-state index contributed by atoms with van der Waals surface area (Å²) in [6.45, 7) is 2.82. The zero-order chi connectivity index (χ0) is 22.1. The molecule has 1 heterocycles. The van der Waals surface area contributed by atoms with Crippen molar-refractivity contribution >= 4 is 17.6 Å². The average Bonchev–Trinajstić information content (AvgIpc) is 3.05. The Morgan fingerprint density at radius 2 is 1.63 bits per heavy atom. The summed E-state index contributed by atoms with van der Waals surface area (Å²) in [4.78, 5) is 37.7. The molecule has 0 radical (unpaired) electrons. The molecular formula is C22H24N2O6. The van der Waals surface area contributed by atoms with Crippen LogP contribution in [0, 0.1) is 0 Å². The van der Waals surface area contributed by atoms with Crippen molar-refractivity contribution in [3.05, 3.63) is 48.0 Å². The van der Waals surface area contributed by atoms with E-state index < -0.39 is 36.0 Å². The average molecular weight is 412 g/mol. The van der Waals surface area contributed by atoms with Crippen LogP contribution < -0.4 is 14.8 Å². The van der Waals surface area contributed by atoms with Crippen LogP contribution in [0.4, 0.5) is 0 Å². The van der Waals surface area contributed by atoms with E-state index in [4.69, 9.17) is 14.6 Å². The molecule has 0 saturated carbocycles. The third kappa shape index (κ3) is 4.13. The smallest absolute Gasteiger partial charge is 0.254 e. The van der Waals surface area contributed by atoms with E-state index in [0.29, 0.717) is 17.1 Å². The molecule has 0 aromatic heterocycles. The number of rotatable bonds is 6. The minimum Gasteiger partial charge on any atom is -0.449 e. The highest BCUT2D eigenvalue weighted by atomic mass is 16.7. The third-order valence-corrected chi connectivity index (χ3v) is 4.78. The molecule has 30 heavy (non-hydrogen) atoms. The lowest BCUT2D eigenvalue weighted by Gasteiger charge is -2.25. The normalized spacial score (nSPS) is 14.7. The van der Waals surface area contributed by atoms with E-state index in [9.17, 15) is 14.4 Å². The fourth-order valence-corrected chi connectivity index (χ4v) is 3.29. The van der Waals surface area contributed by atoms with Gasteiger partial charge in [-0.1, -0.05) is 18.2 Å². The third-order valence-electron chi connectivity index (χ3n) is 4.78. The predicted molar refractivity (Wildman–Crippen MR) is 109 cm³/mol. The van der Waals surface area contributed by atoms with Gasteiger partial charge in [-0.15, -0.1) is 0 Å². The molecular weight excluding hydrogens is 388 g/mol. The highest BCUT2D eigenvalue weighted by molar-refractivity contribution is 6.10. The summed E-state index contributed by atoms with van der Waals surface area (Å²) < 4.78 is 11.5. The zero-order valence-electron chi connectivity index (χ0n) is 17.3. The minimum atomic E-state index is -1.40. The Morgan fingerprint density at radius 3 is 2.23 bits per heavy atom. The second kappa shape index (κ2) is 8.16. The fourth-order valence-electron chi connectivity index (χ4n) is 3.29. The molecule has 0 saturated heterocycles. The molecule has 2 N–H and O–H groups in total. The molecule has 2 aromatic rings. The van der Waals surface area contributed by atoms with Crippen LogP contribution in [0.15, 0.2) is 42.5 Å². The lowest BCUT2D eigenvalue weighted by molar-refractivity contribution is -0.135. The fraction of sp³-hybridized carbons (Fsp3) is 0.318. The number of nitrogens with one attached hydrogen (secondary N) is 1. The first kappa shape index (κ1) is 21.3. The summed E-state index contributed by atoms with van der Waals surface area (Å²) in [6, 6.07) is 11.0. The van der Waals surface area contributed by atoms with Crippen LogP contribution in [0.5, 0.6) is 11.5 Å². The summed E-state index contributed by atoms with van der Waals surface area (Å²) >= 11 is 0. The topological polar surface area (TPSA) is 105 Å². The van der Waals surface area contributed by atoms with Gasteiger partial charge in [0, 0.05) is 33.5 Å². The van der Waals surface area contributed by atoms with E-state index in [-0.39, 0.29) is 0 Å². The number of fused-ring (bicyclic) bond motifs is 1. The van der Waals surface area contributed by atoms with E-state index >= 15 is 0 Å². The number of likely N-dealkylation sites (N-methyl/N-ethyl adjacent to an activating group) is 2. The van der Waals surface area contributed by atoms with Crippen LogP contribution in [-0.2, 0) is 9.59 Å². The number of ketones is 1. The summed E-state index contributed by atoms with van der Waals surface area (Å²) in [5.74, 6) is -1.33. The molecule has 1 atom stereocenters. The molecule has 1 aliphatic heterocycles. The summed E-state index contributed by atoms with van der Waals surface area (Å²) in [5, 5.41) is 11.5. The predicted octanol–water partition coefficient (Wildman–Crippen LogP) is 1.61. The van der Waals surface area contributed by atoms with Crippen LogP contribution in [0.25, 0.3) is 11.1 Å². The quantitative estimate of drug-likeness (QED) is 0.699. The van der Waals surface area contributed by atoms with E-state index in [1.807, 2.05) is 32.0 Å². The maximum Gasteiger partial charge on any atom is 0.254 e. The van der Waals surface area contributed by atoms with Gasteiger partial charge in [-0.3, -0.25) is 14.4 Å². The summed E-state index contributed by atoms with van der Waals surface area (Å²) in [7, 11) is 2.71. The van der Waals surface area contributed by atoms with Crippen LogP contribution in [0.1, 0.15) is 24.2 Å². The molecule has 1 unspecified atom stereocenters. The number of Topliss-reactive ketones (excluding diaryl/α,β-unsaturated/α-hetero) is 1. The molecule has 1 aliphatic rings. The van der Waals surface area contributed by atoms with Crippen LogP contribution in [-0.4, -0.2) is 60.1 Å². The largest absolute Gasteiger partial charge is 0.449 e. The molecule has 158 valence electrons. The molecule has 0 fully saturated rings. The summed E-state index contributed by atoms with van der Waals surface area (Å²) in [5.41, 5.74) is 2.06. The Balaban J connectivity index is 1.81. The monoisotopic (exact) mass is 412 g/mol. The standard InChI is InChI=1S/C22H24N2O6/c1-22(2)29-17-10-9-15(11-18(17)30-22)13-5-7-14(8-6-13)21(28)24(4)19(16(26)12-25)20(27)23-3/h5-11,19,25H,12H2,1-4H3,(H,23,27). The van der Waals surface area contributed by atoms with Crippen molar-refractivity contribution < 1.29 is 29.0 Å². The Morgan fingerprint density at radius 1 is 1.03 bits per heavy atom. The number of aliphatic hydroxyl groups excluding tert-OH is 1. The number of carbonyl (C=O) groups excluding carboxylic acids is 3. The minimum absolute atomic E-state index is 0.308. The molecule has 8 heteroatoms. The molecule has 8 nitrogen and oxygen atoms in total. The first-order valence-corrected chi connectivity index (χ1v) is 9.41. The second-order valence-electron chi connectivity index (χ2n) is 7.40. The van der Waals surface area contributed by atoms with Gasteiger partial charge in [-0.2, -0.15) is 0 Å². The number of nitrogens with zero attached hydrogens (tertiary/aromatic N) is 1. The lowest BCUT2D eigenvalue weighted by Crippen LogP contribution is -2.52. The van der Waals surface area contributed by atoms with Gasteiger partial charge >= 0.3 is 0 Å². The van der Waals surface area contributed by atoms with Gasteiger partial charge < -0.3 is 24.8 Å². The first-order valence-electron chi connectivity index (χ1n) is 9.41. The molecule has 3 rings (SSSR count). The number of benzene rings is 2. The Hall–Kier alpha value is -3.39. The van der Waals surface area contributed by atoms with E-state index in [1.54, 1.807) is 24.3 Å². The molecule has 2 aromatic carbocycles. The number of ether oxygens (including phenoxy) is 2. The van der Waals surface area contributed by atoms with Crippen molar-refractivity contribution in [3.63, 3.8) is 0 Å². The van der Waals surface area contributed by atoms with Gasteiger partial charge in [-0.25, -0.2) is 0 Å². The van der Waals surface area contributed by atoms with Gasteiger partial charge in [0.15, 0.2) is 23.3 Å².